The first-order chi connectivity index (χ1) is 10.7. The second-order valence-electron chi connectivity index (χ2n) is 6.46. The van der Waals surface area contributed by atoms with E-state index in [1.165, 1.54) is 12.8 Å². The van der Waals surface area contributed by atoms with E-state index in [0.717, 1.165) is 49.2 Å². The number of hydrogen-bond acceptors (Lipinski definition) is 6. The smallest absolute Gasteiger partial charge is 0.231 e. The minimum atomic E-state index is 0.301. The summed E-state index contributed by atoms with van der Waals surface area (Å²) in [6, 6.07) is 2.09. The summed E-state index contributed by atoms with van der Waals surface area (Å²) in [7, 11) is 0. The van der Waals surface area contributed by atoms with Crippen LogP contribution < -0.4 is 4.90 Å². The van der Waals surface area contributed by atoms with E-state index < -0.39 is 0 Å². The Kier molecular flexibility index (Phi) is 3.32. The Bertz CT molecular complexity index is 679. The molecule has 0 bridgehead atoms. The maximum absolute atomic E-state index is 5.36. The minimum Gasteiger partial charge on any atom is -0.356 e. The SMILES string of the molecule is Cc1cc(N2CCCC(c3nc(C)no3)C2)nc(C2CC2)n1. The van der Waals surface area contributed by atoms with E-state index in [1.54, 1.807) is 0 Å². The van der Waals surface area contributed by atoms with Crippen molar-refractivity contribution in [2.24, 2.45) is 0 Å². The Labute approximate surface area is 130 Å². The average Bonchev–Trinajstić information content (AvgIpc) is 3.29. The van der Waals surface area contributed by atoms with Crippen LogP contribution in [0.2, 0.25) is 0 Å². The van der Waals surface area contributed by atoms with Crippen LogP contribution in [0.4, 0.5) is 5.82 Å². The molecule has 1 aliphatic carbocycles. The molecule has 1 atom stereocenters. The van der Waals surface area contributed by atoms with Crippen LogP contribution in [0.5, 0.6) is 0 Å². The summed E-state index contributed by atoms with van der Waals surface area (Å²) in [6.45, 7) is 5.84. The maximum atomic E-state index is 5.36. The summed E-state index contributed by atoms with van der Waals surface area (Å²) in [6.07, 6.45) is 4.67. The third-order valence-corrected chi connectivity index (χ3v) is 4.44. The fourth-order valence-electron chi connectivity index (χ4n) is 3.13. The normalized spacial score (nSPS) is 22.1. The number of anilines is 1. The van der Waals surface area contributed by atoms with Crippen LogP contribution in [0.1, 0.15) is 60.8 Å². The first kappa shape index (κ1) is 13.7. The van der Waals surface area contributed by atoms with Crippen molar-refractivity contribution in [3.63, 3.8) is 0 Å². The number of hydrogen-bond donors (Lipinski definition) is 0. The Morgan fingerprint density at radius 2 is 1.95 bits per heavy atom. The summed E-state index contributed by atoms with van der Waals surface area (Å²) < 4.78 is 5.36. The van der Waals surface area contributed by atoms with E-state index >= 15 is 0 Å². The number of aromatic nitrogens is 4. The molecule has 0 radical (unpaired) electrons. The van der Waals surface area contributed by atoms with Gasteiger partial charge in [0, 0.05) is 30.8 Å². The summed E-state index contributed by atoms with van der Waals surface area (Å²) in [4.78, 5) is 16.1. The van der Waals surface area contributed by atoms with Gasteiger partial charge in [0.2, 0.25) is 5.89 Å². The molecule has 0 aromatic carbocycles. The number of rotatable bonds is 3. The second-order valence-corrected chi connectivity index (χ2v) is 6.46. The van der Waals surface area contributed by atoms with E-state index in [1.807, 2.05) is 6.92 Å². The van der Waals surface area contributed by atoms with Gasteiger partial charge in [0.05, 0.1) is 5.92 Å². The molecular weight excluding hydrogens is 278 g/mol. The minimum absolute atomic E-state index is 0.301. The molecule has 22 heavy (non-hydrogen) atoms. The van der Waals surface area contributed by atoms with Crippen molar-refractivity contribution < 1.29 is 4.52 Å². The zero-order valence-corrected chi connectivity index (χ0v) is 13.1. The molecule has 2 fully saturated rings. The number of piperidine rings is 1. The van der Waals surface area contributed by atoms with Crippen molar-refractivity contribution in [3.8, 4) is 0 Å². The second kappa shape index (κ2) is 5.34. The fraction of sp³-hybridized carbons (Fsp3) is 0.625. The summed E-state index contributed by atoms with van der Waals surface area (Å²) in [5, 5.41) is 3.92. The molecular formula is C16H21N5O. The van der Waals surface area contributed by atoms with Crippen LogP contribution in [0, 0.1) is 13.8 Å². The highest BCUT2D eigenvalue weighted by atomic mass is 16.5. The van der Waals surface area contributed by atoms with E-state index in [4.69, 9.17) is 9.51 Å². The van der Waals surface area contributed by atoms with Crippen LogP contribution in [0.3, 0.4) is 0 Å². The zero-order chi connectivity index (χ0) is 15.1. The monoisotopic (exact) mass is 299 g/mol. The van der Waals surface area contributed by atoms with E-state index in [2.05, 4.69) is 33.0 Å². The Hall–Kier alpha value is -1.98. The van der Waals surface area contributed by atoms with Crippen molar-refractivity contribution in [2.45, 2.75) is 51.4 Å². The topological polar surface area (TPSA) is 67.9 Å². The quantitative estimate of drug-likeness (QED) is 0.868. The molecule has 0 spiro atoms. The number of nitrogens with zero attached hydrogens (tertiary/aromatic N) is 5. The average molecular weight is 299 g/mol. The Morgan fingerprint density at radius 3 is 2.68 bits per heavy atom. The molecule has 1 unspecified atom stereocenters. The summed E-state index contributed by atoms with van der Waals surface area (Å²) in [5.74, 6) is 4.42. The third kappa shape index (κ3) is 2.69. The molecule has 0 amide bonds. The van der Waals surface area contributed by atoms with Gasteiger partial charge in [0.15, 0.2) is 5.82 Å². The van der Waals surface area contributed by atoms with Crippen molar-refractivity contribution >= 4 is 5.82 Å². The van der Waals surface area contributed by atoms with Gasteiger partial charge >= 0.3 is 0 Å². The van der Waals surface area contributed by atoms with Gasteiger partial charge < -0.3 is 9.42 Å². The molecule has 116 valence electrons. The predicted molar refractivity (Wildman–Crippen MR) is 82.0 cm³/mol. The molecule has 0 N–H and O–H groups in total. The molecule has 1 saturated carbocycles. The van der Waals surface area contributed by atoms with Gasteiger partial charge in [0.25, 0.3) is 0 Å². The van der Waals surface area contributed by atoms with Gasteiger partial charge in [-0.2, -0.15) is 4.98 Å². The van der Waals surface area contributed by atoms with Crippen molar-refractivity contribution in [1.82, 2.24) is 20.1 Å². The highest BCUT2D eigenvalue weighted by Crippen LogP contribution is 2.39. The van der Waals surface area contributed by atoms with Crippen LogP contribution in [-0.4, -0.2) is 33.2 Å². The van der Waals surface area contributed by atoms with Gasteiger partial charge in [0.1, 0.15) is 11.6 Å². The molecule has 4 rings (SSSR count). The highest BCUT2D eigenvalue weighted by molar-refractivity contribution is 5.41. The molecule has 2 aliphatic rings. The molecule has 2 aromatic rings. The van der Waals surface area contributed by atoms with Crippen molar-refractivity contribution in [2.75, 3.05) is 18.0 Å². The van der Waals surface area contributed by atoms with Crippen molar-refractivity contribution in [3.05, 3.63) is 29.3 Å². The van der Waals surface area contributed by atoms with Crippen LogP contribution in [0.25, 0.3) is 0 Å². The molecule has 6 nitrogen and oxygen atoms in total. The van der Waals surface area contributed by atoms with Gasteiger partial charge in [-0.25, -0.2) is 9.97 Å². The van der Waals surface area contributed by atoms with E-state index in [0.29, 0.717) is 17.7 Å². The standard InChI is InChI=1S/C16H21N5O/c1-10-8-14(19-15(17-10)12-5-6-12)21-7-3-4-13(9-21)16-18-11(2)20-22-16/h8,12-13H,3-7,9H2,1-2H3. The van der Waals surface area contributed by atoms with Crippen LogP contribution in [0.15, 0.2) is 10.6 Å². The summed E-state index contributed by atoms with van der Waals surface area (Å²) >= 11 is 0. The summed E-state index contributed by atoms with van der Waals surface area (Å²) in [5.41, 5.74) is 1.06. The molecule has 3 heterocycles. The van der Waals surface area contributed by atoms with Gasteiger partial charge in [-0.1, -0.05) is 5.16 Å². The lowest BCUT2D eigenvalue weighted by Crippen LogP contribution is -2.35. The van der Waals surface area contributed by atoms with Crippen molar-refractivity contribution in [1.29, 1.82) is 0 Å². The maximum Gasteiger partial charge on any atom is 0.231 e. The first-order valence-electron chi connectivity index (χ1n) is 8.10. The largest absolute Gasteiger partial charge is 0.356 e. The van der Waals surface area contributed by atoms with Gasteiger partial charge in [-0.3, -0.25) is 0 Å². The first-order valence-corrected chi connectivity index (χ1v) is 8.10. The van der Waals surface area contributed by atoms with E-state index in [9.17, 15) is 0 Å². The van der Waals surface area contributed by atoms with Gasteiger partial charge in [-0.15, -0.1) is 0 Å². The fourth-order valence-corrected chi connectivity index (χ4v) is 3.13. The predicted octanol–water partition coefficient (Wildman–Crippen LogP) is 2.74. The zero-order valence-electron chi connectivity index (χ0n) is 13.1. The molecule has 2 aromatic heterocycles. The van der Waals surface area contributed by atoms with Crippen LogP contribution in [-0.2, 0) is 0 Å². The Morgan fingerprint density at radius 1 is 1.09 bits per heavy atom. The lowest BCUT2D eigenvalue weighted by Gasteiger charge is -2.32. The third-order valence-electron chi connectivity index (χ3n) is 4.44. The van der Waals surface area contributed by atoms with Crippen LogP contribution >= 0.6 is 0 Å². The molecule has 1 saturated heterocycles. The van der Waals surface area contributed by atoms with Gasteiger partial charge in [-0.05, 0) is 39.5 Å². The Balaban J connectivity index is 1.57. The lowest BCUT2D eigenvalue weighted by atomic mass is 9.98. The number of aryl methyl sites for hydroxylation is 2. The molecule has 1 aliphatic heterocycles. The lowest BCUT2D eigenvalue weighted by molar-refractivity contribution is 0.331. The molecule has 6 heteroatoms. The van der Waals surface area contributed by atoms with E-state index in [-0.39, 0.29) is 0 Å². The highest BCUT2D eigenvalue weighted by Gasteiger charge is 2.30.